The summed E-state index contributed by atoms with van der Waals surface area (Å²) in [6.07, 6.45) is 3.46. The number of furan rings is 1. The lowest BCUT2D eigenvalue weighted by Gasteiger charge is -2.54. The van der Waals surface area contributed by atoms with Gasteiger partial charge in [0.25, 0.3) is 0 Å². The van der Waals surface area contributed by atoms with Crippen molar-refractivity contribution in [1.82, 2.24) is 0 Å². The van der Waals surface area contributed by atoms with Crippen LogP contribution in [0.25, 0.3) is 0 Å². The molecule has 3 rings (SSSR count). The lowest BCUT2D eigenvalue weighted by atomic mass is 9.53. The zero-order chi connectivity index (χ0) is 20.8. The summed E-state index contributed by atoms with van der Waals surface area (Å²) in [5, 5.41) is 0. The van der Waals surface area contributed by atoms with Crippen molar-refractivity contribution in [2.45, 2.75) is 66.1 Å². The van der Waals surface area contributed by atoms with Crippen LogP contribution in [-0.4, -0.2) is 18.0 Å². The van der Waals surface area contributed by atoms with Crippen LogP contribution in [0.5, 0.6) is 0 Å². The van der Waals surface area contributed by atoms with Crippen molar-refractivity contribution in [3.8, 4) is 0 Å². The summed E-state index contributed by atoms with van der Waals surface area (Å²) in [7, 11) is 0. The first-order chi connectivity index (χ1) is 13.1. The molecular formula is C23H30O5. The Morgan fingerprint density at radius 2 is 1.75 bits per heavy atom. The van der Waals surface area contributed by atoms with Crippen LogP contribution in [0.2, 0.25) is 0 Å². The van der Waals surface area contributed by atoms with E-state index in [0.29, 0.717) is 11.1 Å². The van der Waals surface area contributed by atoms with E-state index in [1.807, 2.05) is 6.92 Å². The third-order valence-corrected chi connectivity index (χ3v) is 6.76. The van der Waals surface area contributed by atoms with Gasteiger partial charge in [0.1, 0.15) is 18.0 Å². The number of esters is 2. The molecular weight excluding hydrogens is 356 g/mol. The molecule has 0 saturated heterocycles. The smallest absolute Gasteiger partial charge is 0.333 e. The van der Waals surface area contributed by atoms with Gasteiger partial charge in [-0.2, -0.15) is 0 Å². The van der Waals surface area contributed by atoms with Crippen molar-refractivity contribution >= 4 is 11.9 Å². The molecule has 1 fully saturated rings. The number of aryl methyl sites for hydroxylation is 1. The zero-order valence-corrected chi connectivity index (χ0v) is 17.5. The summed E-state index contributed by atoms with van der Waals surface area (Å²) >= 11 is 0. The molecule has 1 aromatic heterocycles. The molecule has 5 atom stereocenters. The molecule has 152 valence electrons. The van der Waals surface area contributed by atoms with Gasteiger partial charge in [-0.3, -0.25) is 0 Å². The Labute approximate surface area is 166 Å². The number of rotatable bonds is 4. The van der Waals surface area contributed by atoms with Crippen LogP contribution in [0, 0.1) is 24.2 Å². The number of hydrogen-bond acceptors (Lipinski definition) is 5. The van der Waals surface area contributed by atoms with Crippen LogP contribution in [0.15, 0.2) is 35.0 Å². The monoisotopic (exact) mass is 386 g/mol. The fraction of sp³-hybridized carbons (Fsp3) is 0.565. The number of ether oxygens (including phenoxy) is 2. The Balaban J connectivity index is 2.02. The predicted molar refractivity (Wildman–Crippen MR) is 105 cm³/mol. The Morgan fingerprint density at radius 3 is 2.36 bits per heavy atom. The molecule has 0 spiro atoms. The van der Waals surface area contributed by atoms with Gasteiger partial charge in [0.15, 0.2) is 0 Å². The van der Waals surface area contributed by atoms with Crippen molar-refractivity contribution < 1.29 is 23.5 Å². The molecule has 0 bridgehead atoms. The molecule has 28 heavy (non-hydrogen) atoms. The van der Waals surface area contributed by atoms with E-state index in [9.17, 15) is 9.59 Å². The molecule has 1 heterocycles. The minimum atomic E-state index is -0.467. The van der Waals surface area contributed by atoms with E-state index in [1.54, 1.807) is 20.1 Å². The summed E-state index contributed by atoms with van der Waals surface area (Å²) in [5.74, 6) is 0.379. The molecule has 5 unspecified atom stereocenters. The van der Waals surface area contributed by atoms with E-state index in [-0.39, 0.29) is 29.3 Å². The Kier molecular flexibility index (Phi) is 5.30. The minimum Gasteiger partial charge on any atom is -0.469 e. The van der Waals surface area contributed by atoms with E-state index in [0.717, 1.165) is 36.1 Å². The number of carbonyl (C=O) groups is 2. The molecule has 0 N–H and O–H groups in total. The van der Waals surface area contributed by atoms with Crippen molar-refractivity contribution in [3.63, 3.8) is 0 Å². The number of fused-ring (bicyclic) bond motifs is 2. The van der Waals surface area contributed by atoms with Crippen LogP contribution in [0.4, 0.5) is 0 Å². The van der Waals surface area contributed by atoms with Gasteiger partial charge in [0.05, 0.1) is 6.26 Å². The second-order valence-corrected chi connectivity index (χ2v) is 8.68. The Hall–Kier alpha value is -2.30. The second-order valence-electron chi connectivity index (χ2n) is 8.68. The SMILES string of the molecule is C=C(C)C(=O)OC1CCC2Cc3occ(C)c3C(OC(=O)C(=C)C)C2(C)C1C. The maximum atomic E-state index is 12.5. The van der Waals surface area contributed by atoms with E-state index in [1.165, 1.54) is 0 Å². The van der Waals surface area contributed by atoms with Gasteiger partial charge in [-0.1, -0.05) is 27.0 Å². The third kappa shape index (κ3) is 3.21. The summed E-state index contributed by atoms with van der Waals surface area (Å²) in [6, 6.07) is 0. The first kappa shape index (κ1) is 20.4. The first-order valence-corrected chi connectivity index (χ1v) is 9.87. The van der Waals surface area contributed by atoms with Gasteiger partial charge in [-0.05, 0) is 45.1 Å². The summed E-state index contributed by atoms with van der Waals surface area (Å²) in [4.78, 5) is 24.6. The quantitative estimate of drug-likeness (QED) is 0.547. The highest BCUT2D eigenvalue weighted by Crippen LogP contribution is 2.60. The lowest BCUT2D eigenvalue weighted by Crippen LogP contribution is -2.53. The second kappa shape index (κ2) is 7.26. The summed E-state index contributed by atoms with van der Waals surface area (Å²) in [6.45, 7) is 16.9. The highest BCUT2D eigenvalue weighted by atomic mass is 16.6. The standard InChI is InChI=1S/C23H30O5/c1-12(2)21(24)27-17-9-8-16-10-18-19(14(5)11-26-18)20(23(16,7)15(17)6)28-22(25)13(3)4/h11,15-17,20H,1,3,8-10H2,2,4-7H3. The zero-order valence-electron chi connectivity index (χ0n) is 17.5. The normalized spacial score (nSPS) is 31.3. The Morgan fingerprint density at radius 1 is 1.14 bits per heavy atom. The van der Waals surface area contributed by atoms with Crippen LogP contribution >= 0.6 is 0 Å². The fourth-order valence-corrected chi connectivity index (χ4v) is 4.82. The van der Waals surface area contributed by atoms with E-state index < -0.39 is 12.1 Å². The van der Waals surface area contributed by atoms with Gasteiger partial charge >= 0.3 is 11.9 Å². The first-order valence-electron chi connectivity index (χ1n) is 9.87. The van der Waals surface area contributed by atoms with Crippen LogP contribution in [0.3, 0.4) is 0 Å². The average molecular weight is 386 g/mol. The molecule has 2 aliphatic rings. The molecule has 0 aliphatic heterocycles. The van der Waals surface area contributed by atoms with Crippen molar-refractivity contribution in [2.75, 3.05) is 0 Å². The maximum Gasteiger partial charge on any atom is 0.333 e. The molecule has 1 aromatic rings. The average Bonchev–Trinajstić information content (AvgIpc) is 2.99. The van der Waals surface area contributed by atoms with Crippen LogP contribution < -0.4 is 0 Å². The van der Waals surface area contributed by atoms with Crippen LogP contribution in [0.1, 0.15) is 63.5 Å². The van der Waals surface area contributed by atoms with Crippen molar-refractivity contribution in [1.29, 1.82) is 0 Å². The molecule has 0 aromatic carbocycles. The molecule has 0 amide bonds. The third-order valence-electron chi connectivity index (χ3n) is 6.76. The molecule has 2 aliphatic carbocycles. The minimum absolute atomic E-state index is 0.0000728. The topological polar surface area (TPSA) is 65.7 Å². The highest BCUT2D eigenvalue weighted by molar-refractivity contribution is 5.87. The molecule has 1 saturated carbocycles. The van der Waals surface area contributed by atoms with Gasteiger partial charge < -0.3 is 13.9 Å². The molecule has 5 heteroatoms. The van der Waals surface area contributed by atoms with Crippen LogP contribution in [-0.2, 0) is 25.5 Å². The predicted octanol–water partition coefficient (Wildman–Crippen LogP) is 4.84. The summed E-state index contributed by atoms with van der Waals surface area (Å²) < 4.78 is 17.6. The maximum absolute atomic E-state index is 12.5. The summed E-state index contributed by atoms with van der Waals surface area (Å²) in [5.41, 5.74) is 2.29. The van der Waals surface area contributed by atoms with Gasteiger partial charge in [0.2, 0.25) is 0 Å². The lowest BCUT2D eigenvalue weighted by molar-refractivity contribution is -0.183. The van der Waals surface area contributed by atoms with Crippen molar-refractivity contribution in [2.24, 2.45) is 17.3 Å². The van der Waals surface area contributed by atoms with Crippen molar-refractivity contribution in [3.05, 3.63) is 47.5 Å². The molecule has 0 radical (unpaired) electrons. The van der Waals surface area contributed by atoms with E-state index >= 15 is 0 Å². The van der Waals surface area contributed by atoms with E-state index in [4.69, 9.17) is 13.9 Å². The van der Waals surface area contributed by atoms with Gasteiger partial charge in [-0.15, -0.1) is 0 Å². The van der Waals surface area contributed by atoms with E-state index in [2.05, 4.69) is 27.0 Å². The van der Waals surface area contributed by atoms with Gasteiger partial charge in [-0.25, -0.2) is 9.59 Å². The largest absolute Gasteiger partial charge is 0.469 e. The Bertz CT molecular complexity index is 832. The number of carbonyl (C=O) groups excluding carboxylic acids is 2. The van der Waals surface area contributed by atoms with Gasteiger partial charge in [0, 0.05) is 34.5 Å². The fourth-order valence-electron chi connectivity index (χ4n) is 4.82. The number of hydrogen-bond donors (Lipinski definition) is 0. The molecule has 5 nitrogen and oxygen atoms in total. The highest BCUT2D eigenvalue weighted by Gasteiger charge is 2.57.